The molecule has 1 aromatic heterocycles. The van der Waals surface area contributed by atoms with Crippen molar-refractivity contribution in [3.8, 4) is 0 Å². The van der Waals surface area contributed by atoms with Gasteiger partial charge in [-0.25, -0.2) is 4.98 Å². The van der Waals surface area contributed by atoms with Crippen molar-refractivity contribution in [2.24, 2.45) is 5.92 Å². The summed E-state index contributed by atoms with van der Waals surface area (Å²) in [5, 5.41) is 3.23. The van der Waals surface area contributed by atoms with Gasteiger partial charge in [0.1, 0.15) is 5.82 Å². The Morgan fingerprint density at radius 3 is 2.89 bits per heavy atom. The van der Waals surface area contributed by atoms with Crippen LogP contribution >= 0.6 is 0 Å². The lowest BCUT2D eigenvalue weighted by Crippen LogP contribution is -2.33. The third-order valence-electron chi connectivity index (χ3n) is 3.43. The maximum absolute atomic E-state index is 12.6. The fourth-order valence-corrected chi connectivity index (χ4v) is 2.10. The topological polar surface area (TPSA) is 45.2 Å². The molecule has 1 saturated carbocycles. The van der Waals surface area contributed by atoms with E-state index < -0.39 is 0 Å². The van der Waals surface area contributed by atoms with E-state index in [1.165, 1.54) is 12.8 Å². The normalized spacial score (nSPS) is 14.2. The van der Waals surface area contributed by atoms with E-state index in [4.69, 9.17) is 0 Å². The first-order chi connectivity index (χ1) is 9.26. The number of anilines is 1. The van der Waals surface area contributed by atoms with E-state index in [1.54, 1.807) is 6.20 Å². The van der Waals surface area contributed by atoms with E-state index >= 15 is 0 Å². The van der Waals surface area contributed by atoms with E-state index in [0.29, 0.717) is 17.3 Å². The Balaban J connectivity index is 2.11. The summed E-state index contributed by atoms with van der Waals surface area (Å²) in [6.45, 7) is 6.62. The van der Waals surface area contributed by atoms with Crippen LogP contribution in [-0.2, 0) is 0 Å². The van der Waals surface area contributed by atoms with Crippen LogP contribution in [0.5, 0.6) is 0 Å². The minimum Gasteiger partial charge on any atom is -0.369 e. The molecule has 1 aromatic rings. The monoisotopic (exact) mass is 261 g/mol. The molecular weight excluding hydrogens is 238 g/mol. The zero-order valence-corrected chi connectivity index (χ0v) is 11.9. The lowest BCUT2D eigenvalue weighted by Gasteiger charge is -2.22. The molecule has 1 fully saturated rings. The van der Waals surface area contributed by atoms with Gasteiger partial charge in [0.15, 0.2) is 0 Å². The molecule has 19 heavy (non-hydrogen) atoms. The third kappa shape index (κ3) is 3.69. The molecule has 0 aromatic carbocycles. The van der Waals surface area contributed by atoms with Gasteiger partial charge in [0.25, 0.3) is 5.91 Å². The molecule has 0 spiro atoms. The Hall–Kier alpha value is -1.58. The van der Waals surface area contributed by atoms with E-state index in [0.717, 1.165) is 26.1 Å². The Kier molecular flexibility index (Phi) is 4.77. The molecule has 1 N–H and O–H groups in total. The minimum absolute atomic E-state index is 0.0982. The molecule has 2 rings (SSSR count). The second kappa shape index (κ2) is 6.55. The summed E-state index contributed by atoms with van der Waals surface area (Å²) in [5.74, 6) is 1.53. The van der Waals surface area contributed by atoms with Gasteiger partial charge in [-0.1, -0.05) is 6.92 Å². The van der Waals surface area contributed by atoms with Crippen molar-refractivity contribution in [2.45, 2.75) is 33.1 Å². The molecule has 1 aliphatic rings. The van der Waals surface area contributed by atoms with Crippen LogP contribution in [0, 0.1) is 5.92 Å². The maximum atomic E-state index is 12.6. The van der Waals surface area contributed by atoms with Gasteiger partial charge in [-0.3, -0.25) is 4.79 Å². The summed E-state index contributed by atoms with van der Waals surface area (Å²) in [4.78, 5) is 18.8. The standard InChI is InChI=1S/C15H23N3O/c1-3-9-16-14-13(6-5-10-17-14)15(19)18(4-2)11-12-7-8-12/h5-6,10,12H,3-4,7-9,11H2,1-2H3,(H,16,17). The summed E-state index contributed by atoms with van der Waals surface area (Å²) >= 11 is 0. The highest BCUT2D eigenvalue weighted by molar-refractivity contribution is 5.98. The Morgan fingerprint density at radius 1 is 1.47 bits per heavy atom. The molecule has 4 nitrogen and oxygen atoms in total. The zero-order chi connectivity index (χ0) is 13.7. The van der Waals surface area contributed by atoms with Gasteiger partial charge in [-0.2, -0.15) is 0 Å². The van der Waals surface area contributed by atoms with E-state index in [2.05, 4.69) is 17.2 Å². The number of nitrogens with zero attached hydrogens (tertiary/aromatic N) is 2. The molecule has 0 atom stereocenters. The summed E-state index contributed by atoms with van der Waals surface area (Å²) in [6.07, 6.45) is 5.27. The van der Waals surface area contributed by atoms with Gasteiger partial charge < -0.3 is 10.2 Å². The maximum Gasteiger partial charge on any atom is 0.257 e. The third-order valence-corrected chi connectivity index (χ3v) is 3.43. The molecule has 0 unspecified atom stereocenters. The second-order valence-corrected chi connectivity index (χ2v) is 5.11. The highest BCUT2D eigenvalue weighted by Gasteiger charge is 2.27. The van der Waals surface area contributed by atoms with Crippen LogP contribution in [0.3, 0.4) is 0 Å². The van der Waals surface area contributed by atoms with Gasteiger partial charge >= 0.3 is 0 Å². The molecule has 1 heterocycles. The first-order valence-corrected chi connectivity index (χ1v) is 7.24. The number of amides is 1. The zero-order valence-electron chi connectivity index (χ0n) is 11.9. The van der Waals surface area contributed by atoms with Crippen molar-refractivity contribution in [2.75, 3.05) is 25.0 Å². The van der Waals surface area contributed by atoms with Crippen LogP contribution in [0.25, 0.3) is 0 Å². The predicted molar refractivity (Wildman–Crippen MR) is 77.3 cm³/mol. The molecule has 1 amide bonds. The van der Waals surface area contributed by atoms with E-state index in [9.17, 15) is 4.79 Å². The average molecular weight is 261 g/mol. The van der Waals surface area contributed by atoms with Crippen molar-refractivity contribution in [3.63, 3.8) is 0 Å². The van der Waals surface area contributed by atoms with Crippen LogP contribution in [0.2, 0.25) is 0 Å². The number of hydrogen-bond donors (Lipinski definition) is 1. The smallest absolute Gasteiger partial charge is 0.257 e. The van der Waals surface area contributed by atoms with Crippen molar-refractivity contribution < 1.29 is 4.79 Å². The summed E-state index contributed by atoms with van der Waals surface area (Å²) in [5.41, 5.74) is 0.693. The van der Waals surface area contributed by atoms with Crippen LogP contribution in [0.4, 0.5) is 5.82 Å². The van der Waals surface area contributed by atoms with Crippen LogP contribution < -0.4 is 5.32 Å². The van der Waals surface area contributed by atoms with Gasteiger partial charge in [0, 0.05) is 25.8 Å². The number of hydrogen-bond acceptors (Lipinski definition) is 3. The fourth-order valence-electron chi connectivity index (χ4n) is 2.10. The van der Waals surface area contributed by atoms with Crippen molar-refractivity contribution >= 4 is 11.7 Å². The van der Waals surface area contributed by atoms with Crippen LogP contribution in [0.15, 0.2) is 18.3 Å². The lowest BCUT2D eigenvalue weighted by molar-refractivity contribution is 0.0757. The molecular formula is C15H23N3O. The van der Waals surface area contributed by atoms with Crippen molar-refractivity contribution in [1.29, 1.82) is 0 Å². The molecule has 104 valence electrons. The van der Waals surface area contributed by atoms with Gasteiger partial charge in [0.05, 0.1) is 5.56 Å². The lowest BCUT2D eigenvalue weighted by atomic mass is 10.2. The summed E-state index contributed by atoms with van der Waals surface area (Å²) in [7, 11) is 0. The van der Waals surface area contributed by atoms with Crippen LogP contribution in [0.1, 0.15) is 43.5 Å². The van der Waals surface area contributed by atoms with Gasteiger partial charge in [-0.15, -0.1) is 0 Å². The first kappa shape index (κ1) is 13.8. The van der Waals surface area contributed by atoms with E-state index in [-0.39, 0.29) is 5.91 Å². The number of aromatic nitrogens is 1. The number of rotatable bonds is 7. The summed E-state index contributed by atoms with van der Waals surface area (Å²) < 4.78 is 0. The molecule has 0 aliphatic heterocycles. The van der Waals surface area contributed by atoms with Crippen molar-refractivity contribution in [3.05, 3.63) is 23.9 Å². The molecule has 4 heteroatoms. The van der Waals surface area contributed by atoms with Gasteiger partial charge in [-0.05, 0) is 44.2 Å². The highest BCUT2D eigenvalue weighted by atomic mass is 16.2. The fraction of sp³-hybridized carbons (Fsp3) is 0.600. The number of carbonyl (C=O) groups is 1. The molecule has 1 aliphatic carbocycles. The van der Waals surface area contributed by atoms with Gasteiger partial charge in [0.2, 0.25) is 0 Å². The quantitative estimate of drug-likeness (QED) is 0.821. The predicted octanol–water partition coefficient (Wildman–Crippen LogP) is 2.78. The minimum atomic E-state index is 0.0982. The molecule has 0 saturated heterocycles. The second-order valence-electron chi connectivity index (χ2n) is 5.11. The Labute approximate surface area is 115 Å². The van der Waals surface area contributed by atoms with Crippen molar-refractivity contribution in [1.82, 2.24) is 9.88 Å². The van der Waals surface area contributed by atoms with E-state index in [1.807, 2.05) is 24.0 Å². The largest absolute Gasteiger partial charge is 0.369 e. The SMILES string of the molecule is CCCNc1ncccc1C(=O)N(CC)CC1CC1. The summed E-state index contributed by atoms with van der Waals surface area (Å²) in [6, 6.07) is 3.69. The average Bonchev–Trinajstić information content (AvgIpc) is 3.26. The Bertz CT molecular complexity index is 429. The number of carbonyl (C=O) groups excluding carboxylic acids is 1. The number of nitrogens with one attached hydrogen (secondary N) is 1. The van der Waals surface area contributed by atoms with Crippen LogP contribution in [-0.4, -0.2) is 35.4 Å². The molecule has 0 bridgehead atoms. The molecule has 0 radical (unpaired) electrons. The number of pyridine rings is 1. The Morgan fingerprint density at radius 2 is 2.26 bits per heavy atom. The highest BCUT2D eigenvalue weighted by Crippen LogP contribution is 2.30. The first-order valence-electron chi connectivity index (χ1n) is 7.24.